The first kappa shape index (κ1) is 14.0. The van der Waals surface area contributed by atoms with Gasteiger partial charge in [0.15, 0.2) is 5.78 Å². The molecule has 0 amide bonds. The highest BCUT2D eigenvalue weighted by Crippen LogP contribution is 2.58. The monoisotopic (exact) mass is 356 g/mol. The Morgan fingerprint density at radius 2 is 2.16 bits per heavy atom. The van der Waals surface area contributed by atoms with Gasteiger partial charge in [-0.2, -0.15) is 0 Å². The molecule has 102 valence electrons. The van der Waals surface area contributed by atoms with Gasteiger partial charge in [-0.1, -0.05) is 40.7 Å². The fourth-order valence-corrected chi connectivity index (χ4v) is 6.98. The van der Waals surface area contributed by atoms with Crippen molar-refractivity contribution in [3.05, 3.63) is 35.4 Å². The molecule has 0 bridgehead atoms. The minimum atomic E-state index is -0.0403. The predicted octanol–water partition coefficient (Wildman–Crippen LogP) is 4.55. The molecule has 2 atom stereocenters. The molecule has 1 heterocycles. The number of allylic oxidation sites excluding steroid dienone is 4. The largest absolute Gasteiger partial charge is 0.295 e. The average molecular weight is 357 g/mol. The fourth-order valence-electron chi connectivity index (χ4n) is 3.37. The Morgan fingerprint density at radius 1 is 1.42 bits per heavy atom. The van der Waals surface area contributed by atoms with Crippen LogP contribution in [0.25, 0.3) is 0 Å². The van der Waals surface area contributed by atoms with E-state index in [1.807, 2.05) is 29.6 Å². The Labute approximate surface area is 131 Å². The summed E-state index contributed by atoms with van der Waals surface area (Å²) in [6, 6.07) is 0. The van der Waals surface area contributed by atoms with Crippen LogP contribution in [0, 0.1) is 11.3 Å². The molecule has 3 rings (SSSR count). The lowest BCUT2D eigenvalue weighted by molar-refractivity contribution is -0.122. The van der Waals surface area contributed by atoms with E-state index in [1.54, 1.807) is 6.08 Å². The van der Waals surface area contributed by atoms with E-state index >= 15 is 0 Å². The number of rotatable bonds is 2. The molecule has 19 heavy (non-hydrogen) atoms. The molecule has 0 N–H and O–H groups in total. The van der Waals surface area contributed by atoms with Crippen molar-refractivity contribution in [2.24, 2.45) is 11.3 Å². The quantitative estimate of drug-likeness (QED) is 0.675. The van der Waals surface area contributed by atoms with Gasteiger partial charge in [0.2, 0.25) is 0 Å². The van der Waals surface area contributed by atoms with Crippen molar-refractivity contribution in [2.75, 3.05) is 11.5 Å². The normalized spacial score (nSPS) is 35.6. The molecule has 1 spiro atoms. The molecule has 4 heteroatoms. The highest BCUT2D eigenvalue weighted by Gasteiger charge is 2.50. The second-order valence-electron chi connectivity index (χ2n) is 5.53. The summed E-state index contributed by atoms with van der Waals surface area (Å²) >= 11 is 7.50. The van der Waals surface area contributed by atoms with E-state index in [1.165, 1.54) is 11.5 Å². The lowest BCUT2D eigenvalue weighted by atomic mass is 9.62. The Balaban J connectivity index is 1.97. The van der Waals surface area contributed by atoms with Gasteiger partial charge in [-0.3, -0.25) is 4.79 Å². The van der Waals surface area contributed by atoms with Crippen LogP contribution in [0.15, 0.2) is 35.4 Å². The summed E-state index contributed by atoms with van der Waals surface area (Å²) in [5, 5.41) is 0. The van der Waals surface area contributed by atoms with Crippen molar-refractivity contribution >= 4 is 45.2 Å². The van der Waals surface area contributed by atoms with Crippen molar-refractivity contribution in [2.45, 2.75) is 23.3 Å². The van der Waals surface area contributed by atoms with Crippen LogP contribution in [-0.4, -0.2) is 21.4 Å². The SMILES string of the molecule is C=C(Br)C[C@@]12C=CC3(C[C@@H]1C(=O)C=CC2)SCCS3. The molecule has 1 saturated heterocycles. The van der Waals surface area contributed by atoms with E-state index in [0.717, 1.165) is 23.7 Å². The van der Waals surface area contributed by atoms with Crippen molar-refractivity contribution in [3.63, 3.8) is 0 Å². The van der Waals surface area contributed by atoms with Crippen molar-refractivity contribution in [1.82, 2.24) is 0 Å². The van der Waals surface area contributed by atoms with Crippen molar-refractivity contribution in [3.8, 4) is 0 Å². The van der Waals surface area contributed by atoms with E-state index in [2.05, 4.69) is 34.7 Å². The summed E-state index contributed by atoms with van der Waals surface area (Å²) in [7, 11) is 0. The predicted molar refractivity (Wildman–Crippen MR) is 88.8 cm³/mol. The van der Waals surface area contributed by atoms with Crippen LogP contribution in [0.2, 0.25) is 0 Å². The van der Waals surface area contributed by atoms with Crippen LogP contribution in [0.3, 0.4) is 0 Å². The number of fused-ring (bicyclic) bond motifs is 1. The zero-order valence-electron chi connectivity index (χ0n) is 10.7. The summed E-state index contributed by atoms with van der Waals surface area (Å²) in [5.74, 6) is 2.82. The zero-order chi connectivity index (χ0) is 13.5. The Morgan fingerprint density at radius 3 is 2.84 bits per heavy atom. The molecule has 1 aliphatic heterocycles. The minimum absolute atomic E-state index is 0.0403. The Bertz CT molecular complexity index is 477. The van der Waals surface area contributed by atoms with Gasteiger partial charge in [-0.15, -0.1) is 23.5 Å². The first-order valence-electron chi connectivity index (χ1n) is 6.57. The number of thioether (sulfide) groups is 2. The van der Waals surface area contributed by atoms with Crippen molar-refractivity contribution in [1.29, 1.82) is 0 Å². The zero-order valence-corrected chi connectivity index (χ0v) is 14.0. The summed E-state index contributed by atoms with van der Waals surface area (Å²) in [6.45, 7) is 3.99. The van der Waals surface area contributed by atoms with Gasteiger partial charge in [0.05, 0.1) is 4.08 Å². The smallest absolute Gasteiger partial charge is 0.159 e. The molecule has 0 aromatic rings. The number of hydrogen-bond acceptors (Lipinski definition) is 3. The van der Waals surface area contributed by atoms with E-state index in [4.69, 9.17) is 0 Å². The van der Waals surface area contributed by atoms with Gasteiger partial charge < -0.3 is 0 Å². The van der Waals surface area contributed by atoms with Crippen LogP contribution < -0.4 is 0 Å². The average Bonchev–Trinajstić information content (AvgIpc) is 2.80. The lowest BCUT2D eigenvalue weighted by Gasteiger charge is -2.46. The van der Waals surface area contributed by atoms with Gasteiger partial charge >= 0.3 is 0 Å². The molecule has 0 aromatic carbocycles. The molecule has 1 fully saturated rings. The molecule has 0 saturated carbocycles. The second kappa shape index (κ2) is 5.12. The third-order valence-electron chi connectivity index (χ3n) is 4.27. The molecular formula is C15H17BrOS2. The van der Waals surface area contributed by atoms with Crippen LogP contribution in [-0.2, 0) is 4.79 Å². The van der Waals surface area contributed by atoms with Gasteiger partial charge in [0.25, 0.3) is 0 Å². The maximum absolute atomic E-state index is 12.4. The van der Waals surface area contributed by atoms with Crippen LogP contribution in [0.1, 0.15) is 19.3 Å². The maximum atomic E-state index is 12.4. The Hall–Kier alpha value is 0.0700. The summed E-state index contributed by atoms with van der Waals surface area (Å²) < 4.78 is 1.15. The first-order valence-corrected chi connectivity index (χ1v) is 9.34. The molecule has 0 unspecified atom stereocenters. The van der Waals surface area contributed by atoms with E-state index in [9.17, 15) is 4.79 Å². The van der Waals surface area contributed by atoms with Gasteiger partial charge in [-0.05, 0) is 29.8 Å². The number of carbonyl (C=O) groups excluding carboxylic acids is 1. The standard InChI is InChI=1S/C15H17BrOS2/c1-11(16)9-14-4-2-3-13(17)12(14)10-15(6-5-14)18-7-8-19-15/h2-3,5-6,12H,1,4,7-10H2/t12-,14-/m1/s1. The fraction of sp³-hybridized carbons (Fsp3) is 0.533. The number of hydrogen-bond donors (Lipinski definition) is 0. The molecule has 0 radical (unpaired) electrons. The van der Waals surface area contributed by atoms with Crippen LogP contribution in [0.4, 0.5) is 0 Å². The second-order valence-corrected chi connectivity index (χ2v) is 9.77. The topological polar surface area (TPSA) is 17.1 Å². The summed E-state index contributed by atoms with van der Waals surface area (Å²) in [4.78, 5) is 12.4. The van der Waals surface area contributed by atoms with Gasteiger partial charge in [0, 0.05) is 22.8 Å². The third-order valence-corrected chi connectivity index (χ3v) is 7.92. The van der Waals surface area contributed by atoms with E-state index < -0.39 is 0 Å². The van der Waals surface area contributed by atoms with Crippen molar-refractivity contribution < 1.29 is 4.79 Å². The summed E-state index contributed by atoms with van der Waals surface area (Å²) in [5.41, 5.74) is -0.0403. The van der Waals surface area contributed by atoms with Gasteiger partial charge in [0.1, 0.15) is 0 Å². The van der Waals surface area contributed by atoms with E-state index in [-0.39, 0.29) is 15.4 Å². The number of halogens is 1. The molecular weight excluding hydrogens is 340 g/mol. The number of ketones is 1. The minimum Gasteiger partial charge on any atom is -0.295 e. The van der Waals surface area contributed by atoms with Crippen LogP contribution >= 0.6 is 39.5 Å². The van der Waals surface area contributed by atoms with E-state index in [0.29, 0.717) is 5.78 Å². The van der Waals surface area contributed by atoms with Gasteiger partial charge in [-0.25, -0.2) is 0 Å². The first-order chi connectivity index (χ1) is 9.05. The highest BCUT2D eigenvalue weighted by atomic mass is 79.9. The molecule has 1 nitrogen and oxygen atoms in total. The molecule has 0 aromatic heterocycles. The number of carbonyl (C=O) groups is 1. The maximum Gasteiger partial charge on any atom is 0.159 e. The molecule has 2 aliphatic carbocycles. The Kier molecular flexibility index (Phi) is 3.78. The summed E-state index contributed by atoms with van der Waals surface area (Å²) in [6.07, 6.45) is 11.3. The highest BCUT2D eigenvalue weighted by molar-refractivity contribution is 9.11. The third kappa shape index (κ3) is 2.52. The lowest BCUT2D eigenvalue weighted by Crippen LogP contribution is -2.43. The van der Waals surface area contributed by atoms with Crippen LogP contribution in [0.5, 0.6) is 0 Å². The molecule has 3 aliphatic rings.